The SMILES string of the molecule is COc1ccc(OC)c(NC(=O)CSc2ccc(-c3sc(-c4ccc(F)cc4)nc3C)nn2)c1. The summed E-state index contributed by atoms with van der Waals surface area (Å²) in [5.41, 5.74) is 2.90. The Morgan fingerprint density at radius 1 is 1.06 bits per heavy atom. The number of carbonyl (C=O) groups is 1. The van der Waals surface area contributed by atoms with Crippen LogP contribution in [0.15, 0.2) is 59.6 Å². The molecule has 7 nitrogen and oxygen atoms in total. The molecular formula is C24H21FN4O3S2. The first-order valence-electron chi connectivity index (χ1n) is 10.2. The lowest BCUT2D eigenvalue weighted by Crippen LogP contribution is -2.15. The second kappa shape index (κ2) is 10.6. The molecular weight excluding hydrogens is 475 g/mol. The Morgan fingerprint density at radius 3 is 2.53 bits per heavy atom. The van der Waals surface area contributed by atoms with Crippen LogP contribution in [0.3, 0.4) is 0 Å². The van der Waals surface area contributed by atoms with E-state index in [1.165, 1.54) is 42.3 Å². The number of nitrogens with one attached hydrogen (secondary N) is 1. The van der Waals surface area contributed by atoms with Crippen LogP contribution in [0.5, 0.6) is 11.5 Å². The summed E-state index contributed by atoms with van der Waals surface area (Å²) in [6.07, 6.45) is 0. The van der Waals surface area contributed by atoms with Crippen molar-refractivity contribution in [3.63, 3.8) is 0 Å². The van der Waals surface area contributed by atoms with Gasteiger partial charge in [-0.25, -0.2) is 9.37 Å². The molecule has 0 unspecified atom stereocenters. The molecule has 4 rings (SSSR count). The Morgan fingerprint density at radius 2 is 1.85 bits per heavy atom. The number of aromatic nitrogens is 3. The van der Waals surface area contributed by atoms with Gasteiger partial charge in [0.1, 0.15) is 33.0 Å². The fourth-order valence-corrected chi connectivity index (χ4v) is 4.76. The Hall–Kier alpha value is -3.50. The molecule has 10 heteroatoms. The van der Waals surface area contributed by atoms with Crippen LogP contribution in [-0.4, -0.2) is 41.1 Å². The predicted molar refractivity (Wildman–Crippen MR) is 132 cm³/mol. The van der Waals surface area contributed by atoms with Gasteiger partial charge in [0.25, 0.3) is 0 Å². The third-order valence-corrected chi connectivity index (χ3v) is 6.94. The van der Waals surface area contributed by atoms with Crippen LogP contribution in [0, 0.1) is 12.7 Å². The molecule has 0 saturated carbocycles. The van der Waals surface area contributed by atoms with Crippen molar-refractivity contribution in [2.75, 3.05) is 25.3 Å². The highest BCUT2D eigenvalue weighted by molar-refractivity contribution is 7.99. The first-order valence-corrected chi connectivity index (χ1v) is 12.0. The summed E-state index contributed by atoms with van der Waals surface area (Å²) in [5.74, 6) is 0.828. The normalized spacial score (nSPS) is 10.7. The van der Waals surface area contributed by atoms with Gasteiger partial charge in [-0.15, -0.1) is 21.5 Å². The molecule has 0 spiro atoms. The van der Waals surface area contributed by atoms with Gasteiger partial charge < -0.3 is 14.8 Å². The fraction of sp³-hybridized carbons (Fsp3) is 0.167. The minimum Gasteiger partial charge on any atom is -0.497 e. The highest BCUT2D eigenvalue weighted by Gasteiger charge is 2.14. The van der Waals surface area contributed by atoms with Crippen LogP contribution in [0.2, 0.25) is 0 Å². The van der Waals surface area contributed by atoms with Crippen molar-refractivity contribution < 1.29 is 18.7 Å². The third-order valence-electron chi connectivity index (χ3n) is 4.79. The number of methoxy groups -OCH3 is 2. The molecule has 34 heavy (non-hydrogen) atoms. The Balaban J connectivity index is 1.40. The quantitative estimate of drug-likeness (QED) is 0.324. The maximum absolute atomic E-state index is 13.2. The summed E-state index contributed by atoms with van der Waals surface area (Å²) in [5, 5.41) is 12.8. The summed E-state index contributed by atoms with van der Waals surface area (Å²) in [6.45, 7) is 1.90. The molecule has 174 valence electrons. The molecule has 0 bridgehead atoms. The van der Waals surface area contributed by atoms with E-state index in [0.29, 0.717) is 27.9 Å². The molecule has 0 atom stereocenters. The maximum atomic E-state index is 13.2. The van der Waals surface area contributed by atoms with Gasteiger partial charge in [-0.3, -0.25) is 4.79 Å². The van der Waals surface area contributed by atoms with Crippen molar-refractivity contribution in [2.24, 2.45) is 0 Å². The second-order valence-corrected chi connectivity index (χ2v) is 9.10. The number of aryl methyl sites for hydroxylation is 1. The van der Waals surface area contributed by atoms with E-state index in [0.717, 1.165) is 21.1 Å². The van der Waals surface area contributed by atoms with E-state index in [2.05, 4.69) is 20.5 Å². The number of thiazole rings is 1. The lowest BCUT2D eigenvalue weighted by Gasteiger charge is -2.11. The largest absolute Gasteiger partial charge is 0.497 e. The van der Waals surface area contributed by atoms with E-state index in [4.69, 9.17) is 9.47 Å². The molecule has 2 heterocycles. The predicted octanol–water partition coefficient (Wildman–Crippen LogP) is 5.46. The fourth-order valence-electron chi connectivity index (χ4n) is 3.11. The van der Waals surface area contributed by atoms with Gasteiger partial charge in [0, 0.05) is 11.6 Å². The van der Waals surface area contributed by atoms with Crippen molar-refractivity contribution in [2.45, 2.75) is 11.9 Å². The smallest absolute Gasteiger partial charge is 0.234 e. The highest BCUT2D eigenvalue weighted by Crippen LogP contribution is 2.34. The molecule has 2 aromatic carbocycles. The van der Waals surface area contributed by atoms with E-state index in [-0.39, 0.29) is 17.5 Å². The van der Waals surface area contributed by atoms with Crippen molar-refractivity contribution in [1.82, 2.24) is 15.2 Å². The number of benzene rings is 2. The van der Waals surface area contributed by atoms with E-state index in [1.54, 1.807) is 37.4 Å². The summed E-state index contributed by atoms with van der Waals surface area (Å²) in [7, 11) is 3.10. The van der Waals surface area contributed by atoms with E-state index in [9.17, 15) is 9.18 Å². The Bertz CT molecular complexity index is 1290. The van der Waals surface area contributed by atoms with Crippen molar-refractivity contribution >= 4 is 34.7 Å². The summed E-state index contributed by atoms with van der Waals surface area (Å²) < 4.78 is 23.7. The minimum absolute atomic E-state index is 0.155. The molecule has 0 aliphatic carbocycles. The molecule has 0 fully saturated rings. The molecule has 0 aliphatic rings. The van der Waals surface area contributed by atoms with Crippen molar-refractivity contribution in [3.05, 3.63) is 66.1 Å². The average Bonchev–Trinajstić information content (AvgIpc) is 3.25. The van der Waals surface area contributed by atoms with Gasteiger partial charge in [-0.2, -0.15) is 0 Å². The van der Waals surface area contributed by atoms with Crippen LogP contribution < -0.4 is 14.8 Å². The standard InChI is InChI=1S/C24H21FN4O3S2/c1-14-23(34-24(26-14)15-4-6-16(25)7-5-15)18-9-11-22(29-28-18)33-13-21(30)27-19-12-17(31-2)8-10-20(19)32-3/h4-12H,13H2,1-3H3,(H,27,30). The van der Waals surface area contributed by atoms with Gasteiger partial charge >= 0.3 is 0 Å². The number of carbonyl (C=O) groups excluding carboxylic acids is 1. The zero-order chi connectivity index (χ0) is 24.1. The topological polar surface area (TPSA) is 86.2 Å². The molecule has 1 amide bonds. The molecule has 0 aliphatic heterocycles. The molecule has 2 aromatic heterocycles. The Labute approximate surface area is 204 Å². The average molecular weight is 497 g/mol. The minimum atomic E-state index is -0.285. The Kier molecular flexibility index (Phi) is 7.39. The number of hydrogen-bond donors (Lipinski definition) is 1. The maximum Gasteiger partial charge on any atom is 0.234 e. The summed E-state index contributed by atoms with van der Waals surface area (Å²) in [6, 6.07) is 15.1. The lowest BCUT2D eigenvalue weighted by atomic mass is 10.2. The van der Waals surface area contributed by atoms with Gasteiger partial charge in [-0.05, 0) is 55.5 Å². The van der Waals surface area contributed by atoms with Crippen molar-refractivity contribution in [3.8, 4) is 32.6 Å². The van der Waals surface area contributed by atoms with Gasteiger partial charge in [0.15, 0.2) is 0 Å². The molecule has 4 aromatic rings. The zero-order valence-corrected chi connectivity index (χ0v) is 20.3. The van der Waals surface area contributed by atoms with Crippen LogP contribution in [0.4, 0.5) is 10.1 Å². The number of amides is 1. The third kappa shape index (κ3) is 5.52. The number of ether oxygens (including phenoxy) is 2. The summed E-state index contributed by atoms with van der Waals surface area (Å²) >= 11 is 2.75. The van der Waals surface area contributed by atoms with Gasteiger partial charge in [0.2, 0.25) is 5.91 Å². The first-order chi connectivity index (χ1) is 16.5. The van der Waals surface area contributed by atoms with E-state index in [1.807, 2.05) is 19.1 Å². The zero-order valence-electron chi connectivity index (χ0n) is 18.7. The van der Waals surface area contributed by atoms with E-state index >= 15 is 0 Å². The second-order valence-electron chi connectivity index (χ2n) is 7.10. The molecule has 0 saturated heterocycles. The number of thioether (sulfide) groups is 1. The number of nitrogens with zero attached hydrogens (tertiary/aromatic N) is 3. The van der Waals surface area contributed by atoms with Crippen LogP contribution in [0.25, 0.3) is 21.1 Å². The first kappa shape index (κ1) is 23.7. The number of rotatable bonds is 8. The van der Waals surface area contributed by atoms with Gasteiger partial charge in [0.05, 0.1) is 36.2 Å². The lowest BCUT2D eigenvalue weighted by molar-refractivity contribution is -0.113. The van der Waals surface area contributed by atoms with Crippen LogP contribution >= 0.6 is 23.1 Å². The van der Waals surface area contributed by atoms with Crippen molar-refractivity contribution in [1.29, 1.82) is 0 Å². The van der Waals surface area contributed by atoms with Crippen LogP contribution in [0.1, 0.15) is 5.69 Å². The number of anilines is 1. The monoisotopic (exact) mass is 496 g/mol. The van der Waals surface area contributed by atoms with E-state index < -0.39 is 0 Å². The molecule has 1 N–H and O–H groups in total. The highest BCUT2D eigenvalue weighted by atomic mass is 32.2. The summed E-state index contributed by atoms with van der Waals surface area (Å²) in [4.78, 5) is 17.9. The number of hydrogen-bond acceptors (Lipinski definition) is 8. The van der Waals surface area contributed by atoms with Crippen LogP contribution in [-0.2, 0) is 4.79 Å². The number of halogens is 1. The van der Waals surface area contributed by atoms with Gasteiger partial charge in [-0.1, -0.05) is 11.8 Å². The molecule has 0 radical (unpaired) electrons.